The molecular formula is C14H17ClF3NO2. The van der Waals surface area contributed by atoms with Crippen molar-refractivity contribution in [1.82, 2.24) is 5.32 Å². The number of hydrogen-bond donors (Lipinski definition) is 1. The van der Waals surface area contributed by atoms with Gasteiger partial charge in [-0.3, -0.25) is 0 Å². The normalized spacial score (nSPS) is 12.0. The summed E-state index contributed by atoms with van der Waals surface area (Å²) in [6.45, 7) is 1.38. The molecule has 0 saturated carbocycles. The highest BCUT2D eigenvalue weighted by Gasteiger charge is 2.34. The Morgan fingerprint density at radius 3 is 2.71 bits per heavy atom. The van der Waals surface area contributed by atoms with Crippen LogP contribution in [0.3, 0.4) is 0 Å². The van der Waals surface area contributed by atoms with Gasteiger partial charge in [0.1, 0.15) is 12.4 Å². The molecule has 1 aromatic rings. The molecule has 1 N–H and O–H groups in total. The number of halogens is 4. The molecule has 1 rings (SSSR count). The van der Waals surface area contributed by atoms with Crippen LogP contribution >= 0.6 is 11.6 Å². The first-order valence-electron chi connectivity index (χ1n) is 6.27. The van der Waals surface area contributed by atoms with Crippen LogP contribution in [0.2, 0.25) is 0 Å². The second kappa shape index (κ2) is 8.92. The molecule has 1 aromatic carbocycles. The summed E-state index contributed by atoms with van der Waals surface area (Å²) in [5.74, 6) is -0.210. The van der Waals surface area contributed by atoms with E-state index in [1.165, 1.54) is 17.7 Å². The lowest BCUT2D eigenvalue weighted by Gasteiger charge is -2.15. The molecule has 0 unspecified atom stereocenters. The highest BCUT2D eigenvalue weighted by Crippen LogP contribution is 2.36. The van der Waals surface area contributed by atoms with E-state index in [2.05, 4.69) is 5.32 Å². The summed E-state index contributed by atoms with van der Waals surface area (Å²) in [6, 6.07) is 3.99. The van der Waals surface area contributed by atoms with Crippen molar-refractivity contribution in [2.45, 2.75) is 12.7 Å². The Morgan fingerprint density at radius 2 is 2.10 bits per heavy atom. The van der Waals surface area contributed by atoms with Crippen LogP contribution in [0.25, 0.3) is 0 Å². The van der Waals surface area contributed by atoms with Crippen molar-refractivity contribution in [2.75, 3.05) is 26.9 Å². The molecule has 7 heteroatoms. The van der Waals surface area contributed by atoms with Gasteiger partial charge in [-0.15, -0.1) is 0 Å². The number of hydrogen-bond acceptors (Lipinski definition) is 3. The molecular weight excluding hydrogens is 307 g/mol. The van der Waals surface area contributed by atoms with E-state index in [-0.39, 0.29) is 12.4 Å². The van der Waals surface area contributed by atoms with Gasteiger partial charge in [0.05, 0.1) is 12.2 Å². The van der Waals surface area contributed by atoms with Gasteiger partial charge in [-0.2, -0.15) is 13.2 Å². The maximum atomic E-state index is 13.0. The van der Waals surface area contributed by atoms with Crippen molar-refractivity contribution >= 4 is 11.6 Å². The molecule has 0 aliphatic carbocycles. The van der Waals surface area contributed by atoms with Gasteiger partial charge in [-0.05, 0) is 23.8 Å². The van der Waals surface area contributed by atoms with Gasteiger partial charge >= 0.3 is 6.18 Å². The molecule has 0 aliphatic rings. The lowest BCUT2D eigenvalue weighted by Crippen LogP contribution is -2.19. The van der Waals surface area contributed by atoms with Crippen LogP contribution in [0.15, 0.2) is 29.8 Å². The first-order valence-corrected chi connectivity index (χ1v) is 6.70. The van der Waals surface area contributed by atoms with Gasteiger partial charge in [0, 0.05) is 25.7 Å². The van der Waals surface area contributed by atoms with Crippen molar-refractivity contribution in [2.24, 2.45) is 0 Å². The van der Waals surface area contributed by atoms with Crippen molar-refractivity contribution in [3.8, 4) is 5.75 Å². The molecule has 0 fully saturated rings. The molecule has 0 bridgehead atoms. The van der Waals surface area contributed by atoms with Gasteiger partial charge in [0.25, 0.3) is 0 Å². The highest BCUT2D eigenvalue weighted by atomic mass is 35.5. The Labute approximate surface area is 126 Å². The SMILES string of the molecule is COCCNCc1ccc(OCC=CCl)c(C(F)(F)F)c1. The highest BCUT2D eigenvalue weighted by molar-refractivity contribution is 6.25. The van der Waals surface area contributed by atoms with E-state index in [4.69, 9.17) is 21.1 Å². The molecule has 0 heterocycles. The summed E-state index contributed by atoms with van der Waals surface area (Å²) in [7, 11) is 1.56. The zero-order chi connectivity index (χ0) is 15.7. The van der Waals surface area contributed by atoms with Crippen molar-refractivity contribution < 1.29 is 22.6 Å². The van der Waals surface area contributed by atoms with E-state index < -0.39 is 11.7 Å². The largest absolute Gasteiger partial charge is 0.489 e. The van der Waals surface area contributed by atoms with Crippen LogP contribution < -0.4 is 10.1 Å². The van der Waals surface area contributed by atoms with Crippen LogP contribution in [-0.2, 0) is 17.5 Å². The van der Waals surface area contributed by atoms with E-state index in [1.54, 1.807) is 13.2 Å². The van der Waals surface area contributed by atoms with Gasteiger partial charge in [-0.25, -0.2) is 0 Å². The second-order valence-corrected chi connectivity index (χ2v) is 4.42. The fourth-order valence-electron chi connectivity index (χ4n) is 1.62. The van der Waals surface area contributed by atoms with E-state index >= 15 is 0 Å². The smallest absolute Gasteiger partial charge is 0.419 e. The standard InChI is InChI=1S/C14H17ClF3NO2/c1-20-8-6-19-10-11-3-4-13(21-7-2-5-15)12(9-11)14(16,17)18/h2-5,9,19H,6-8,10H2,1H3. The Balaban J connectivity index is 2.81. The molecule has 118 valence electrons. The minimum Gasteiger partial charge on any atom is -0.489 e. The molecule has 0 amide bonds. The molecule has 21 heavy (non-hydrogen) atoms. The maximum Gasteiger partial charge on any atom is 0.419 e. The van der Waals surface area contributed by atoms with E-state index in [9.17, 15) is 13.2 Å². The summed E-state index contributed by atoms with van der Waals surface area (Å²) < 4.78 is 49.0. The van der Waals surface area contributed by atoms with Crippen LogP contribution in [0.1, 0.15) is 11.1 Å². The lowest BCUT2D eigenvalue weighted by molar-refractivity contribution is -0.138. The fourth-order valence-corrected chi connectivity index (χ4v) is 1.69. The van der Waals surface area contributed by atoms with Crippen molar-refractivity contribution in [1.29, 1.82) is 0 Å². The van der Waals surface area contributed by atoms with Crippen molar-refractivity contribution in [3.05, 3.63) is 40.9 Å². The van der Waals surface area contributed by atoms with Crippen LogP contribution in [-0.4, -0.2) is 26.9 Å². The average molecular weight is 324 g/mol. The number of ether oxygens (including phenoxy) is 2. The zero-order valence-corrected chi connectivity index (χ0v) is 12.3. The molecule has 3 nitrogen and oxygen atoms in total. The number of rotatable bonds is 8. The predicted molar refractivity (Wildman–Crippen MR) is 75.5 cm³/mol. The average Bonchev–Trinajstić information content (AvgIpc) is 2.44. The van der Waals surface area contributed by atoms with Gasteiger partial charge < -0.3 is 14.8 Å². The molecule has 0 atom stereocenters. The van der Waals surface area contributed by atoms with Crippen LogP contribution in [0, 0.1) is 0 Å². The zero-order valence-electron chi connectivity index (χ0n) is 11.5. The molecule has 0 aromatic heterocycles. The minimum absolute atomic E-state index is 0.0159. The number of nitrogens with one attached hydrogen (secondary N) is 1. The second-order valence-electron chi connectivity index (χ2n) is 4.17. The first kappa shape index (κ1) is 17.8. The van der Waals surface area contributed by atoms with E-state index in [0.29, 0.717) is 25.3 Å². The molecule has 0 spiro atoms. The first-order chi connectivity index (χ1) is 9.99. The van der Waals surface area contributed by atoms with Crippen LogP contribution in [0.5, 0.6) is 5.75 Å². The topological polar surface area (TPSA) is 30.5 Å². The summed E-state index contributed by atoms with van der Waals surface area (Å²) >= 11 is 5.30. The monoisotopic (exact) mass is 323 g/mol. The van der Waals surface area contributed by atoms with Gasteiger partial charge in [-0.1, -0.05) is 17.7 Å². The number of alkyl halides is 3. The fraction of sp³-hybridized carbons (Fsp3) is 0.429. The Hall–Kier alpha value is -1.24. The maximum absolute atomic E-state index is 13.0. The lowest BCUT2D eigenvalue weighted by atomic mass is 10.1. The van der Waals surface area contributed by atoms with E-state index in [1.807, 2.05) is 0 Å². The summed E-state index contributed by atoms with van der Waals surface area (Å²) in [5.41, 5.74) is 0.927. The Bertz CT molecular complexity index is 464. The summed E-state index contributed by atoms with van der Waals surface area (Å²) in [5, 5.41) is 2.99. The summed E-state index contributed by atoms with van der Waals surface area (Å²) in [6.07, 6.45) is -3.05. The Morgan fingerprint density at radius 1 is 1.33 bits per heavy atom. The predicted octanol–water partition coefficient (Wildman–Crippen LogP) is 3.57. The third-order valence-electron chi connectivity index (χ3n) is 2.59. The third kappa shape index (κ3) is 6.37. The van der Waals surface area contributed by atoms with Crippen LogP contribution in [0.4, 0.5) is 13.2 Å². The van der Waals surface area contributed by atoms with Crippen molar-refractivity contribution in [3.63, 3.8) is 0 Å². The van der Waals surface area contributed by atoms with Gasteiger partial charge in [0.15, 0.2) is 0 Å². The molecule has 0 saturated heterocycles. The number of benzene rings is 1. The number of methoxy groups -OCH3 is 1. The van der Waals surface area contributed by atoms with Gasteiger partial charge in [0.2, 0.25) is 0 Å². The van der Waals surface area contributed by atoms with E-state index in [0.717, 1.165) is 6.07 Å². The minimum atomic E-state index is -4.47. The molecule has 0 radical (unpaired) electrons. The quantitative estimate of drug-likeness (QED) is 0.742. The third-order valence-corrected chi connectivity index (χ3v) is 2.76. The molecule has 0 aliphatic heterocycles. The summed E-state index contributed by atoms with van der Waals surface area (Å²) in [4.78, 5) is 0. The Kier molecular flexibility index (Phi) is 7.56.